The third-order valence-electron chi connectivity index (χ3n) is 2.18. The van der Waals surface area contributed by atoms with Gasteiger partial charge >= 0.3 is 0 Å². The lowest BCUT2D eigenvalue weighted by Gasteiger charge is -2.09. The Labute approximate surface area is 94.8 Å². The molecule has 2 N–H and O–H groups in total. The smallest absolute Gasteiger partial charge is 0.153 e. The number of rotatable bonds is 2. The number of ether oxygens (including phenoxy) is 1. The predicted octanol–water partition coefficient (Wildman–Crippen LogP) is 1.41. The van der Waals surface area contributed by atoms with Gasteiger partial charge in [0.25, 0.3) is 0 Å². The number of hydrogen-bond donors (Lipinski definition) is 1. The molecular formula is C8H14ClN3OS. The first-order valence-corrected chi connectivity index (χ1v) is 4.74. The molecule has 0 aromatic carbocycles. The van der Waals surface area contributed by atoms with Crippen LogP contribution in [0.5, 0.6) is 0 Å². The first-order valence-electron chi connectivity index (χ1n) is 4.36. The number of nitrogens with zero attached hydrogens (tertiary/aromatic N) is 2. The van der Waals surface area contributed by atoms with Crippen LogP contribution in [0.15, 0.2) is 6.07 Å². The Balaban J connectivity index is 0.000000980. The van der Waals surface area contributed by atoms with Crippen molar-refractivity contribution in [1.82, 2.24) is 9.78 Å². The molecule has 2 rings (SSSR count). The van der Waals surface area contributed by atoms with Crippen molar-refractivity contribution in [1.29, 1.82) is 0 Å². The van der Waals surface area contributed by atoms with Gasteiger partial charge in [-0.25, -0.2) is 4.68 Å². The molecule has 0 bridgehead atoms. The molecule has 80 valence electrons. The highest BCUT2D eigenvalue weighted by atomic mass is 35.5. The van der Waals surface area contributed by atoms with Crippen molar-refractivity contribution in [2.45, 2.75) is 25.5 Å². The van der Waals surface area contributed by atoms with Crippen LogP contribution in [-0.4, -0.2) is 22.5 Å². The van der Waals surface area contributed by atoms with Crippen LogP contribution >= 0.6 is 25.1 Å². The number of nitrogen functional groups attached to an aromatic ring is 1. The second-order valence-electron chi connectivity index (χ2n) is 3.21. The molecule has 1 saturated heterocycles. The van der Waals surface area contributed by atoms with Gasteiger partial charge in [0.05, 0.1) is 12.6 Å². The van der Waals surface area contributed by atoms with Gasteiger partial charge in [0, 0.05) is 12.7 Å². The molecule has 0 amide bonds. The molecule has 0 saturated carbocycles. The minimum Gasteiger partial charge on any atom is -0.384 e. The Kier molecular flexibility index (Phi) is 4.10. The van der Waals surface area contributed by atoms with Crippen LogP contribution in [-0.2, 0) is 11.3 Å². The molecular weight excluding hydrogens is 222 g/mol. The molecule has 1 fully saturated rings. The van der Waals surface area contributed by atoms with E-state index in [0.717, 1.165) is 19.4 Å². The van der Waals surface area contributed by atoms with Gasteiger partial charge in [-0.15, -0.1) is 0 Å². The molecule has 2 heterocycles. The molecule has 14 heavy (non-hydrogen) atoms. The van der Waals surface area contributed by atoms with E-state index in [1.807, 2.05) is 0 Å². The molecule has 0 radical (unpaired) electrons. The van der Waals surface area contributed by atoms with E-state index in [9.17, 15) is 0 Å². The fourth-order valence-electron chi connectivity index (χ4n) is 1.53. The summed E-state index contributed by atoms with van der Waals surface area (Å²) in [6.45, 7) is 1.55. The summed E-state index contributed by atoms with van der Waals surface area (Å²) in [5.74, 6) is 0.598. The highest BCUT2D eigenvalue weighted by Crippen LogP contribution is 2.17. The highest BCUT2D eigenvalue weighted by molar-refractivity contribution is 7.59. The van der Waals surface area contributed by atoms with Gasteiger partial charge < -0.3 is 10.5 Å². The first-order chi connectivity index (χ1) is 6.25. The van der Waals surface area contributed by atoms with E-state index < -0.39 is 0 Å². The average Bonchev–Trinajstić information content (AvgIpc) is 2.63. The van der Waals surface area contributed by atoms with Crippen LogP contribution in [0.25, 0.3) is 0 Å². The summed E-state index contributed by atoms with van der Waals surface area (Å²) in [5, 5.41) is 4.49. The maximum absolute atomic E-state index is 5.70. The van der Waals surface area contributed by atoms with Crippen LogP contribution in [0.1, 0.15) is 12.8 Å². The van der Waals surface area contributed by atoms with Crippen LogP contribution in [0.3, 0.4) is 0 Å². The fourth-order valence-corrected chi connectivity index (χ4v) is 1.73. The Hall–Kier alpha value is -0.390. The van der Waals surface area contributed by atoms with Crippen molar-refractivity contribution in [3.8, 4) is 0 Å². The lowest BCUT2D eigenvalue weighted by molar-refractivity contribution is 0.0946. The maximum atomic E-state index is 5.70. The van der Waals surface area contributed by atoms with Gasteiger partial charge in [-0.2, -0.15) is 18.6 Å². The summed E-state index contributed by atoms with van der Waals surface area (Å²) < 4.78 is 7.15. The number of anilines is 1. The first kappa shape index (κ1) is 11.7. The van der Waals surface area contributed by atoms with Crippen molar-refractivity contribution >= 4 is 30.9 Å². The van der Waals surface area contributed by atoms with Crippen molar-refractivity contribution in [2.75, 3.05) is 12.3 Å². The zero-order valence-electron chi connectivity index (χ0n) is 7.74. The number of aromatic nitrogens is 2. The summed E-state index contributed by atoms with van der Waals surface area (Å²) in [7, 11) is 0. The zero-order valence-corrected chi connectivity index (χ0v) is 9.50. The Morgan fingerprint density at radius 3 is 3.00 bits per heavy atom. The van der Waals surface area contributed by atoms with E-state index in [0.29, 0.717) is 17.5 Å². The van der Waals surface area contributed by atoms with E-state index >= 15 is 0 Å². The summed E-state index contributed by atoms with van der Waals surface area (Å²) >= 11 is 5.70. The lowest BCUT2D eigenvalue weighted by Crippen LogP contribution is -2.17. The van der Waals surface area contributed by atoms with E-state index in [1.54, 1.807) is 10.7 Å². The van der Waals surface area contributed by atoms with Crippen molar-refractivity contribution in [2.24, 2.45) is 0 Å². The standard InChI is InChI=1S/C8H12ClN3O.H2S/c9-7-4-8(10)12(11-7)5-6-2-1-3-13-6;/h4,6H,1-3,5,10H2;1H2/t6-;/m0./s1. The second-order valence-corrected chi connectivity index (χ2v) is 3.60. The molecule has 1 aromatic heterocycles. The highest BCUT2D eigenvalue weighted by Gasteiger charge is 2.17. The minimum atomic E-state index is 0. The molecule has 0 spiro atoms. The van der Waals surface area contributed by atoms with E-state index in [2.05, 4.69) is 5.10 Å². The third-order valence-corrected chi connectivity index (χ3v) is 2.37. The molecule has 1 atom stereocenters. The zero-order chi connectivity index (χ0) is 9.26. The molecule has 1 aromatic rings. The normalized spacial score (nSPS) is 20.8. The molecule has 1 aliphatic rings. The fraction of sp³-hybridized carbons (Fsp3) is 0.625. The molecule has 0 unspecified atom stereocenters. The molecule has 0 aliphatic carbocycles. The number of halogens is 1. The third kappa shape index (κ3) is 2.56. The SMILES string of the molecule is Nc1cc(Cl)nn1C[C@@H]1CCCO1.S. The number of nitrogens with two attached hydrogens (primary N) is 1. The Morgan fingerprint density at radius 2 is 2.50 bits per heavy atom. The molecule has 4 nitrogen and oxygen atoms in total. The van der Waals surface area contributed by atoms with Gasteiger partial charge in [-0.05, 0) is 12.8 Å². The van der Waals surface area contributed by atoms with Crippen molar-refractivity contribution in [3.63, 3.8) is 0 Å². The largest absolute Gasteiger partial charge is 0.384 e. The monoisotopic (exact) mass is 235 g/mol. The summed E-state index contributed by atoms with van der Waals surface area (Å²) in [6, 6.07) is 1.65. The second kappa shape index (κ2) is 4.91. The van der Waals surface area contributed by atoms with Crippen molar-refractivity contribution < 1.29 is 4.74 Å². The summed E-state index contributed by atoms with van der Waals surface area (Å²) in [6.07, 6.45) is 2.45. The quantitative estimate of drug-likeness (QED) is 0.844. The van der Waals surface area contributed by atoms with Gasteiger partial charge in [0.1, 0.15) is 5.82 Å². The van der Waals surface area contributed by atoms with E-state index in [1.165, 1.54) is 0 Å². The van der Waals surface area contributed by atoms with E-state index in [4.69, 9.17) is 22.1 Å². The van der Waals surface area contributed by atoms with Crippen LogP contribution in [0, 0.1) is 0 Å². The van der Waals surface area contributed by atoms with E-state index in [-0.39, 0.29) is 19.6 Å². The number of hydrogen-bond acceptors (Lipinski definition) is 3. The lowest BCUT2D eigenvalue weighted by atomic mass is 10.2. The summed E-state index contributed by atoms with van der Waals surface area (Å²) in [4.78, 5) is 0. The maximum Gasteiger partial charge on any atom is 0.153 e. The predicted molar refractivity (Wildman–Crippen MR) is 61.0 cm³/mol. The summed E-state index contributed by atoms with van der Waals surface area (Å²) in [5.41, 5.74) is 5.68. The van der Waals surface area contributed by atoms with Crippen LogP contribution in [0.4, 0.5) is 5.82 Å². The van der Waals surface area contributed by atoms with Crippen LogP contribution in [0.2, 0.25) is 5.15 Å². The van der Waals surface area contributed by atoms with Gasteiger partial charge in [0.2, 0.25) is 0 Å². The van der Waals surface area contributed by atoms with Gasteiger partial charge in [-0.1, -0.05) is 11.6 Å². The molecule has 6 heteroatoms. The Bertz CT molecular complexity index is 299. The van der Waals surface area contributed by atoms with Crippen molar-refractivity contribution in [3.05, 3.63) is 11.2 Å². The van der Waals surface area contributed by atoms with Gasteiger partial charge in [-0.3, -0.25) is 0 Å². The Morgan fingerprint density at radius 1 is 1.71 bits per heavy atom. The molecule has 1 aliphatic heterocycles. The minimum absolute atomic E-state index is 0. The van der Waals surface area contributed by atoms with Crippen LogP contribution < -0.4 is 5.73 Å². The van der Waals surface area contributed by atoms with Gasteiger partial charge in [0.15, 0.2) is 5.15 Å². The average molecular weight is 236 g/mol. The topological polar surface area (TPSA) is 53.1 Å².